The van der Waals surface area contributed by atoms with Gasteiger partial charge in [-0.2, -0.15) is 0 Å². The second-order valence-electron chi connectivity index (χ2n) is 4.69. The highest BCUT2D eigenvalue weighted by Gasteiger charge is 2.16. The van der Waals surface area contributed by atoms with Gasteiger partial charge in [-0.3, -0.25) is 0 Å². The molecule has 1 aromatic carbocycles. The van der Waals surface area contributed by atoms with Gasteiger partial charge in [-0.1, -0.05) is 73.7 Å². The second-order valence-corrected chi connectivity index (χ2v) is 5.54. The van der Waals surface area contributed by atoms with E-state index in [9.17, 15) is 5.11 Å². The van der Waals surface area contributed by atoms with E-state index in [4.69, 9.17) is 0 Å². The molecule has 0 spiro atoms. The van der Waals surface area contributed by atoms with Crippen molar-refractivity contribution in [2.75, 3.05) is 0 Å². The molecule has 0 aliphatic carbocycles. The number of unbranched alkanes of at least 4 members (excludes halogenated alkanes) is 1. The Morgan fingerprint density at radius 3 is 2.53 bits per heavy atom. The van der Waals surface area contributed by atoms with E-state index >= 15 is 0 Å². The van der Waals surface area contributed by atoms with E-state index < -0.39 is 0 Å². The number of aliphatic hydroxyl groups excluding tert-OH is 1. The van der Waals surface area contributed by atoms with Gasteiger partial charge >= 0.3 is 0 Å². The number of rotatable bonds is 7. The molecule has 1 nitrogen and oxygen atoms in total. The Bertz CT molecular complexity index is 324. The Balaban J connectivity index is 2.58. The van der Waals surface area contributed by atoms with Crippen LogP contribution in [0.15, 0.2) is 28.7 Å². The van der Waals surface area contributed by atoms with Crippen LogP contribution in [-0.4, -0.2) is 5.11 Å². The molecule has 0 aromatic heterocycles. The standard InChI is InChI=1S/C15H23BrO/c1-3-5-8-12(4-2)11-15(17)13-9-6-7-10-14(13)16/h6-7,9-10,12,15,17H,3-5,8,11H2,1-2H3. The first-order valence-electron chi connectivity index (χ1n) is 6.61. The van der Waals surface area contributed by atoms with Gasteiger partial charge in [0.05, 0.1) is 6.10 Å². The van der Waals surface area contributed by atoms with Crippen LogP contribution in [0, 0.1) is 5.92 Å². The van der Waals surface area contributed by atoms with Crippen LogP contribution in [0.1, 0.15) is 57.6 Å². The molecule has 0 saturated heterocycles. The summed E-state index contributed by atoms with van der Waals surface area (Å²) < 4.78 is 1.01. The third-order valence-corrected chi connectivity index (χ3v) is 4.09. The summed E-state index contributed by atoms with van der Waals surface area (Å²) in [5.41, 5.74) is 1.02. The van der Waals surface area contributed by atoms with Crippen LogP contribution < -0.4 is 0 Å². The summed E-state index contributed by atoms with van der Waals surface area (Å²) in [5, 5.41) is 10.3. The van der Waals surface area contributed by atoms with Crippen molar-refractivity contribution in [3.8, 4) is 0 Å². The molecule has 0 heterocycles. The van der Waals surface area contributed by atoms with Crippen molar-refractivity contribution in [1.29, 1.82) is 0 Å². The zero-order chi connectivity index (χ0) is 12.7. The molecule has 0 amide bonds. The first-order valence-corrected chi connectivity index (χ1v) is 7.40. The first-order chi connectivity index (χ1) is 8.19. The van der Waals surface area contributed by atoms with E-state index in [-0.39, 0.29) is 6.10 Å². The summed E-state index contributed by atoms with van der Waals surface area (Å²) in [7, 11) is 0. The normalized spacial score (nSPS) is 14.6. The maximum absolute atomic E-state index is 10.3. The highest BCUT2D eigenvalue weighted by atomic mass is 79.9. The van der Waals surface area contributed by atoms with Crippen molar-refractivity contribution < 1.29 is 5.11 Å². The fourth-order valence-electron chi connectivity index (χ4n) is 2.17. The molecule has 0 bridgehead atoms. The predicted molar refractivity (Wildman–Crippen MR) is 77.0 cm³/mol. The summed E-state index contributed by atoms with van der Waals surface area (Å²) in [5.74, 6) is 0.636. The molecule has 2 heteroatoms. The largest absolute Gasteiger partial charge is 0.388 e. The molecule has 96 valence electrons. The van der Waals surface area contributed by atoms with Crippen LogP contribution in [0.25, 0.3) is 0 Å². The topological polar surface area (TPSA) is 20.2 Å². The van der Waals surface area contributed by atoms with Crippen LogP contribution in [0.5, 0.6) is 0 Å². The third kappa shape index (κ3) is 4.81. The molecule has 0 aliphatic rings. The van der Waals surface area contributed by atoms with Gasteiger partial charge in [-0.15, -0.1) is 0 Å². The summed E-state index contributed by atoms with van der Waals surface area (Å²) in [6, 6.07) is 7.96. The average Bonchev–Trinajstić information content (AvgIpc) is 2.34. The van der Waals surface area contributed by atoms with Gasteiger partial charge in [0.25, 0.3) is 0 Å². The molecule has 1 N–H and O–H groups in total. The summed E-state index contributed by atoms with van der Waals surface area (Å²) in [6.45, 7) is 4.43. The van der Waals surface area contributed by atoms with Gasteiger partial charge in [0.2, 0.25) is 0 Å². The maximum atomic E-state index is 10.3. The smallest absolute Gasteiger partial charge is 0.0803 e. The fourth-order valence-corrected chi connectivity index (χ4v) is 2.72. The minimum Gasteiger partial charge on any atom is -0.388 e. The number of benzene rings is 1. The lowest BCUT2D eigenvalue weighted by atomic mass is 9.91. The van der Waals surface area contributed by atoms with Gasteiger partial charge in [0.15, 0.2) is 0 Å². The molecule has 0 saturated carbocycles. The number of hydrogen-bond acceptors (Lipinski definition) is 1. The molecule has 2 unspecified atom stereocenters. The van der Waals surface area contributed by atoms with E-state index in [1.54, 1.807) is 0 Å². The van der Waals surface area contributed by atoms with Crippen molar-refractivity contribution in [3.05, 3.63) is 34.3 Å². The van der Waals surface area contributed by atoms with Gasteiger partial charge in [0.1, 0.15) is 0 Å². The first kappa shape index (κ1) is 14.7. The summed E-state index contributed by atoms with van der Waals surface area (Å²) in [6.07, 6.45) is 5.42. The van der Waals surface area contributed by atoms with Crippen LogP contribution in [0.3, 0.4) is 0 Å². The Morgan fingerprint density at radius 1 is 1.24 bits per heavy atom. The van der Waals surface area contributed by atoms with E-state index in [2.05, 4.69) is 29.8 Å². The highest BCUT2D eigenvalue weighted by molar-refractivity contribution is 9.10. The van der Waals surface area contributed by atoms with Gasteiger partial charge in [-0.25, -0.2) is 0 Å². The molecule has 17 heavy (non-hydrogen) atoms. The van der Waals surface area contributed by atoms with E-state index in [1.807, 2.05) is 24.3 Å². The molecule has 2 atom stereocenters. The van der Waals surface area contributed by atoms with Crippen molar-refractivity contribution in [2.24, 2.45) is 5.92 Å². The fraction of sp³-hybridized carbons (Fsp3) is 0.600. The van der Waals surface area contributed by atoms with Crippen LogP contribution in [0.4, 0.5) is 0 Å². The Hall–Kier alpha value is -0.340. The molecule has 0 radical (unpaired) electrons. The Labute approximate surface area is 113 Å². The maximum Gasteiger partial charge on any atom is 0.0803 e. The van der Waals surface area contributed by atoms with Crippen molar-refractivity contribution >= 4 is 15.9 Å². The minimum absolute atomic E-state index is 0.340. The van der Waals surface area contributed by atoms with Crippen molar-refractivity contribution in [3.63, 3.8) is 0 Å². The van der Waals surface area contributed by atoms with E-state index in [0.29, 0.717) is 5.92 Å². The van der Waals surface area contributed by atoms with Crippen molar-refractivity contribution in [2.45, 2.75) is 52.1 Å². The number of hydrogen-bond donors (Lipinski definition) is 1. The monoisotopic (exact) mass is 298 g/mol. The van der Waals surface area contributed by atoms with Gasteiger partial charge < -0.3 is 5.11 Å². The summed E-state index contributed by atoms with van der Waals surface area (Å²) >= 11 is 3.50. The van der Waals surface area contributed by atoms with E-state index in [1.165, 1.54) is 19.3 Å². The zero-order valence-electron chi connectivity index (χ0n) is 10.8. The van der Waals surface area contributed by atoms with Crippen LogP contribution >= 0.6 is 15.9 Å². The predicted octanol–water partition coefficient (Wildman–Crippen LogP) is 5.09. The lowest BCUT2D eigenvalue weighted by Gasteiger charge is -2.19. The third-order valence-electron chi connectivity index (χ3n) is 3.36. The minimum atomic E-state index is -0.340. The van der Waals surface area contributed by atoms with E-state index in [0.717, 1.165) is 22.9 Å². The molecule has 0 aliphatic heterocycles. The quantitative estimate of drug-likeness (QED) is 0.743. The zero-order valence-corrected chi connectivity index (χ0v) is 12.4. The van der Waals surface area contributed by atoms with Crippen LogP contribution in [0.2, 0.25) is 0 Å². The second kappa shape index (κ2) is 7.88. The summed E-state index contributed by atoms with van der Waals surface area (Å²) in [4.78, 5) is 0. The van der Waals surface area contributed by atoms with Crippen LogP contribution in [-0.2, 0) is 0 Å². The van der Waals surface area contributed by atoms with Gasteiger partial charge in [-0.05, 0) is 24.0 Å². The van der Waals surface area contributed by atoms with Crippen molar-refractivity contribution in [1.82, 2.24) is 0 Å². The lowest BCUT2D eigenvalue weighted by molar-refractivity contribution is 0.138. The Kier molecular flexibility index (Phi) is 6.83. The molecule has 1 aromatic rings. The lowest BCUT2D eigenvalue weighted by Crippen LogP contribution is -2.07. The molecular formula is C15H23BrO. The Morgan fingerprint density at radius 2 is 1.94 bits per heavy atom. The highest BCUT2D eigenvalue weighted by Crippen LogP contribution is 2.30. The number of halogens is 1. The van der Waals surface area contributed by atoms with Gasteiger partial charge in [0, 0.05) is 4.47 Å². The number of aliphatic hydroxyl groups is 1. The SMILES string of the molecule is CCCCC(CC)CC(O)c1ccccc1Br. The molecule has 1 rings (SSSR count). The molecule has 0 fully saturated rings. The molecular weight excluding hydrogens is 276 g/mol. The average molecular weight is 299 g/mol.